The largest absolute Gasteiger partial charge is 0.255 e. The van der Waals surface area contributed by atoms with E-state index in [-0.39, 0.29) is 0 Å². The molecule has 0 aliphatic heterocycles. The number of hydrogen-bond donors (Lipinski definition) is 0. The summed E-state index contributed by atoms with van der Waals surface area (Å²) in [4.78, 5) is 4.32. The van der Waals surface area contributed by atoms with E-state index in [1.165, 1.54) is 5.57 Å². The van der Waals surface area contributed by atoms with Crippen LogP contribution < -0.4 is 0 Å². The van der Waals surface area contributed by atoms with Crippen LogP contribution in [0.15, 0.2) is 53.1 Å². The summed E-state index contributed by atoms with van der Waals surface area (Å²) in [7, 11) is 0. The van der Waals surface area contributed by atoms with Crippen molar-refractivity contribution in [1.82, 2.24) is 0 Å². The van der Waals surface area contributed by atoms with E-state index in [9.17, 15) is 0 Å². The average Bonchev–Trinajstić information content (AvgIpc) is 2.69. The second-order valence-corrected chi connectivity index (χ2v) is 3.49. The van der Waals surface area contributed by atoms with E-state index in [1.807, 2.05) is 36.6 Å². The van der Waals surface area contributed by atoms with E-state index in [0.717, 1.165) is 12.1 Å². The lowest BCUT2D eigenvalue weighted by Crippen LogP contribution is -1.78. The third-order valence-electron chi connectivity index (χ3n) is 2.02. The predicted octanol–water partition coefficient (Wildman–Crippen LogP) is 3.93. The number of para-hydroxylation sites is 1. The van der Waals surface area contributed by atoms with Gasteiger partial charge in [0.2, 0.25) is 0 Å². The standard InChI is InChI=1S/C12H10ClN/c13-11-7-3-4-8-12(11)14-9-10-5-1-2-6-10/h1-5,7-9H,6H2. The summed E-state index contributed by atoms with van der Waals surface area (Å²) in [5.41, 5.74) is 2.03. The first-order valence-electron chi connectivity index (χ1n) is 4.50. The van der Waals surface area contributed by atoms with E-state index in [4.69, 9.17) is 11.6 Å². The van der Waals surface area contributed by atoms with Gasteiger partial charge >= 0.3 is 0 Å². The molecule has 0 unspecified atom stereocenters. The Morgan fingerprint density at radius 1 is 1.29 bits per heavy atom. The third-order valence-corrected chi connectivity index (χ3v) is 2.34. The SMILES string of the molecule is Clc1ccccc1N=CC1=CC=CC1. The number of benzene rings is 1. The maximum atomic E-state index is 5.96. The molecule has 2 rings (SSSR count). The predicted molar refractivity (Wildman–Crippen MR) is 61.4 cm³/mol. The van der Waals surface area contributed by atoms with Crippen LogP contribution in [0.25, 0.3) is 0 Å². The molecule has 0 spiro atoms. The number of aliphatic imine (C=N–C) groups is 1. The van der Waals surface area contributed by atoms with Crippen molar-refractivity contribution < 1.29 is 0 Å². The minimum atomic E-state index is 0.690. The van der Waals surface area contributed by atoms with Gasteiger partial charge in [0.05, 0.1) is 10.7 Å². The van der Waals surface area contributed by atoms with Gasteiger partial charge in [-0.1, -0.05) is 42.0 Å². The minimum Gasteiger partial charge on any atom is -0.255 e. The van der Waals surface area contributed by atoms with E-state index in [1.54, 1.807) is 0 Å². The Balaban J connectivity index is 2.14. The monoisotopic (exact) mass is 203 g/mol. The average molecular weight is 204 g/mol. The van der Waals surface area contributed by atoms with Crippen LogP contribution in [0.2, 0.25) is 5.02 Å². The van der Waals surface area contributed by atoms with Crippen molar-refractivity contribution in [2.75, 3.05) is 0 Å². The highest BCUT2D eigenvalue weighted by Gasteiger charge is 1.97. The van der Waals surface area contributed by atoms with Crippen LogP contribution in [0.1, 0.15) is 6.42 Å². The minimum absolute atomic E-state index is 0.690. The fourth-order valence-corrected chi connectivity index (χ4v) is 1.45. The van der Waals surface area contributed by atoms with Crippen LogP contribution in [0.3, 0.4) is 0 Å². The van der Waals surface area contributed by atoms with Crippen LogP contribution in [-0.2, 0) is 0 Å². The first-order chi connectivity index (χ1) is 6.86. The Morgan fingerprint density at radius 3 is 2.86 bits per heavy atom. The molecule has 0 N–H and O–H groups in total. The van der Waals surface area contributed by atoms with Crippen molar-refractivity contribution in [3.8, 4) is 0 Å². The zero-order valence-corrected chi connectivity index (χ0v) is 8.41. The van der Waals surface area contributed by atoms with Gasteiger partial charge in [-0.3, -0.25) is 4.99 Å². The second kappa shape index (κ2) is 4.25. The molecule has 0 atom stereocenters. The van der Waals surface area contributed by atoms with E-state index in [0.29, 0.717) is 5.02 Å². The Kier molecular flexibility index (Phi) is 2.80. The molecular weight excluding hydrogens is 194 g/mol. The number of allylic oxidation sites excluding steroid dienone is 4. The molecule has 2 heteroatoms. The summed E-state index contributed by atoms with van der Waals surface area (Å²) in [6.45, 7) is 0. The second-order valence-electron chi connectivity index (χ2n) is 3.08. The highest BCUT2D eigenvalue weighted by atomic mass is 35.5. The van der Waals surface area contributed by atoms with Gasteiger partial charge in [0, 0.05) is 6.21 Å². The highest BCUT2D eigenvalue weighted by Crippen LogP contribution is 2.23. The lowest BCUT2D eigenvalue weighted by Gasteiger charge is -1.96. The van der Waals surface area contributed by atoms with Gasteiger partial charge < -0.3 is 0 Å². The van der Waals surface area contributed by atoms with Crippen molar-refractivity contribution in [1.29, 1.82) is 0 Å². The van der Waals surface area contributed by atoms with Gasteiger partial charge in [-0.25, -0.2) is 0 Å². The molecule has 0 bridgehead atoms. The molecular formula is C12H10ClN. The lowest BCUT2D eigenvalue weighted by molar-refractivity contribution is 1.37. The number of rotatable bonds is 2. The Hall–Kier alpha value is -1.34. The van der Waals surface area contributed by atoms with Crippen LogP contribution >= 0.6 is 11.6 Å². The highest BCUT2D eigenvalue weighted by molar-refractivity contribution is 6.33. The van der Waals surface area contributed by atoms with Gasteiger partial charge in [-0.15, -0.1) is 0 Å². The number of nitrogens with zero attached hydrogens (tertiary/aromatic N) is 1. The fraction of sp³-hybridized carbons (Fsp3) is 0.0833. The summed E-state index contributed by atoms with van der Waals surface area (Å²) in [5, 5.41) is 0.690. The van der Waals surface area contributed by atoms with Gasteiger partial charge in [0.15, 0.2) is 0 Å². The number of halogens is 1. The molecule has 0 saturated heterocycles. The van der Waals surface area contributed by atoms with Gasteiger partial charge in [-0.05, 0) is 24.1 Å². The van der Waals surface area contributed by atoms with Gasteiger partial charge in [-0.2, -0.15) is 0 Å². The summed E-state index contributed by atoms with van der Waals surface area (Å²) < 4.78 is 0. The van der Waals surface area contributed by atoms with Crippen molar-refractivity contribution in [2.24, 2.45) is 4.99 Å². The molecule has 0 heterocycles. The molecule has 1 aromatic rings. The first kappa shape index (κ1) is 9.22. The first-order valence-corrected chi connectivity index (χ1v) is 4.88. The number of hydrogen-bond acceptors (Lipinski definition) is 1. The molecule has 14 heavy (non-hydrogen) atoms. The molecule has 70 valence electrons. The Bertz CT molecular complexity index is 416. The Labute approximate surface area is 88.4 Å². The third kappa shape index (κ3) is 2.12. The van der Waals surface area contributed by atoms with Crippen LogP contribution in [-0.4, -0.2) is 6.21 Å². The molecule has 0 fully saturated rings. The molecule has 0 radical (unpaired) electrons. The summed E-state index contributed by atoms with van der Waals surface area (Å²) in [6, 6.07) is 7.58. The molecule has 0 aromatic heterocycles. The van der Waals surface area contributed by atoms with E-state index in [2.05, 4.69) is 17.1 Å². The van der Waals surface area contributed by atoms with Crippen LogP contribution in [0.4, 0.5) is 5.69 Å². The Morgan fingerprint density at radius 2 is 2.14 bits per heavy atom. The van der Waals surface area contributed by atoms with E-state index < -0.39 is 0 Å². The molecule has 1 aliphatic rings. The fourth-order valence-electron chi connectivity index (χ4n) is 1.27. The molecule has 0 amide bonds. The van der Waals surface area contributed by atoms with Crippen molar-refractivity contribution in [2.45, 2.75) is 6.42 Å². The van der Waals surface area contributed by atoms with Gasteiger partial charge in [0.1, 0.15) is 0 Å². The van der Waals surface area contributed by atoms with E-state index >= 15 is 0 Å². The van der Waals surface area contributed by atoms with Crippen molar-refractivity contribution >= 4 is 23.5 Å². The molecule has 1 aliphatic carbocycles. The topological polar surface area (TPSA) is 12.4 Å². The van der Waals surface area contributed by atoms with Crippen LogP contribution in [0.5, 0.6) is 0 Å². The zero-order valence-electron chi connectivity index (χ0n) is 7.65. The van der Waals surface area contributed by atoms with Crippen molar-refractivity contribution in [3.05, 3.63) is 53.1 Å². The quantitative estimate of drug-likeness (QED) is 0.646. The normalized spacial score (nSPS) is 15.1. The molecule has 0 saturated carbocycles. The maximum Gasteiger partial charge on any atom is 0.0815 e. The molecule has 1 aromatic carbocycles. The maximum absolute atomic E-state index is 5.96. The summed E-state index contributed by atoms with van der Waals surface area (Å²) in [6.07, 6.45) is 9.03. The lowest BCUT2D eigenvalue weighted by atomic mass is 10.2. The van der Waals surface area contributed by atoms with Crippen molar-refractivity contribution in [3.63, 3.8) is 0 Å². The molecule has 1 nitrogen and oxygen atoms in total. The summed E-state index contributed by atoms with van der Waals surface area (Å²) >= 11 is 5.96. The van der Waals surface area contributed by atoms with Gasteiger partial charge in [0.25, 0.3) is 0 Å². The smallest absolute Gasteiger partial charge is 0.0815 e. The summed E-state index contributed by atoms with van der Waals surface area (Å²) in [5.74, 6) is 0. The zero-order chi connectivity index (χ0) is 9.80. The van der Waals surface area contributed by atoms with Crippen LogP contribution in [0, 0.1) is 0 Å².